The summed E-state index contributed by atoms with van der Waals surface area (Å²) in [6.07, 6.45) is 0.429. The maximum absolute atomic E-state index is 10.9. The van der Waals surface area contributed by atoms with Crippen molar-refractivity contribution < 1.29 is 19.7 Å². The van der Waals surface area contributed by atoms with E-state index in [1.807, 2.05) is 0 Å². The molecule has 0 aliphatic heterocycles. The van der Waals surface area contributed by atoms with Gasteiger partial charge >= 0.3 is 5.97 Å². The lowest BCUT2D eigenvalue weighted by molar-refractivity contribution is 0.0548. The second-order valence-corrected chi connectivity index (χ2v) is 5.27. The van der Waals surface area contributed by atoms with Crippen molar-refractivity contribution in [2.24, 2.45) is 0 Å². The van der Waals surface area contributed by atoms with Crippen LogP contribution in [0.1, 0.15) is 30.6 Å². The molecular formula is C12H15BrO4. The fourth-order valence-corrected chi connectivity index (χ4v) is 1.54. The first-order valence-electron chi connectivity index (χ1n) is 5.17. The largest absolute Gasteiger partial charge is 0.493 e. The van der Waals surface area contributed by atoms with Crippen LogP contribution in [0.15, 0.2) is 22.7 Å². The Morgan fingerprint density at radius 3 is 2.65 bits per heavy atom. The Morgan fingerprint density at radius 1 is 1.47 bits per heavy atom. The van der Waals surface area contributed by atoms with Crippen LogP contribution in [0.25, 0.3) is 0 Å². The molecule has 17 heavy (non-hydrogen) atoms. The number of halogens is 1. The molecule has 94 valence electrons. The fourth-order valence-electron chi connectivity index (χ4n) is 1.20. The summed E-state index contributed by atoms with van der Waals surface area (Å²) in [4.78, 5) is 10.9. The van der Waals surface area contributed by atoms with Crippen LogP contribution >= 0.6 is 15.9 Å². The van der Waals surface area contributed by atoms with Crippen LogP contribution in [-0.4, -0.2) is 28.4 Å². The van der Waals surface area contributed by atoms with Crippen molar-refractivity contribution in [3.05, 3.63) is 28.2 Å². The number of rotatable bonds is 5. The zero-order valence-corrected chi connectivity index (χ0v) is 11.3. The average Bonchev–Trinajstić information content (AvgIpc) is 2.15. The first kappa shape index (κ1) is 14.0. The Labute approximate surface area is 108 Å². The zero-order chi connectivity index (χ0) is 13.1. The van der Waals surface area contributed by atoms with Crippen molar-refractivity contribution in [1.29, 1.82) is 0 Å². The third kappa shape index (κ3) is 4.75. The van der Waals surface area contributed by atoms with E-state index >= 15 is 0 Å². The highest BCUT2D eigenvalue weighted by Gasteiger charge is 2.15. The molecule has 0 spiro atoms. The van der Waals surface area contributed by atoms with Gasteiger partial charge in [0.15, 0.2) is 0 Å². The maximum atomic E-state index is 10.9. The molecule has 1 aromatic carbocycles. The molecule has 0 aliphatic carbocycles. The summed E-state index contributed by atoms with van der Waals surface area (Å²) in [6.45, 7) is 3.62. The van der Waals surface area contributed by atoms with Gasteiger partial charge in [0.05, 0.1) is 12.2 Å². The summed E-state index contributed by atoms with van der Waals surface area (Å²) in [5.74, 6) is -0.730. The molecule has 0 atom stereocenters. The predicted octanol–water partition coefficient (Wildman–Crippen LogP) is 2.69. The molecule has 0 fully saturated rings. The smallest absolute Gasteiger partial charge is 0.339 e. The van der Waals surface area contributed by atoms with Gasteiger partial charge in [-0.15, -0.1) is 0 Å². The second kappa shape index (κ2) is 5.51. The van der Waals surface area contributed by atoms with E-state index in [9.17, 15) is 9.90 Å². The summed E-state index contributed by atoms with van der Waals surface area (Å²) >= 11 is 3.25. The molecule has 0 heterocycles. The molecular weight excluding hydrogens is 288 g/mol. The Bertz CT molecular complexity index is 409. The Morgan fingerprint density at radius 2 is 2.12 bits per heavy atom. The Hall–Kier alpha value is -1.07. The van der Waals surface area contributed by atoms with Crippen molar-refractivity contribution in [3.8, 4) is 5.75 Å². The van der Waals surface area contributed by atoms with Gasteiger partial charge in [-0.3, -0.25) is 0 Å². The Balaban J connectivity index is 2.75. The van der Waals surface area contributed by atoms with Crippen LogP contribution in [-0.2, 0) is 0 Å². The number of ether oxygens (including phenoxy) is 1. The number of aromatic carboxylic acids is 1. The van der Waals surface area contributed by atoms with Gasteiger partial charge in [0.2, 0.25) is 0 Å². The number of hydrogen-bond donors (Lipinski definition) is 2. The summed E-state index contributed by atoms with van der Waals surface area (Å²) < 4.78 is 6.14. The third-order valence-corrected chi connectivity index (χ3v) is 2.64. The molecule has 0 saturated heterocycles. The molecule has 2 N–H and O–H groups in total. The van der Waals surface area contributed by atoms with Crippen LogP contribution in [0.5, 0.6) is 5.75 Å². The van der Waals surface area contributed by atoms with Crippen molar-refractivity contribution >= 4 is 21.9 Å². The minimum Gasteiger partial charge on any atom is -0.493 e. The summed E-state index contributed by atoms with van der Waals surface area (Å²) in [5, 5.41) is 18.5. The fraction of sp³-hybridized carbons (Fsp3) is 0.417. The number of aliphatic hydroxyl groups is 1. The second-order valence-electron chi connectivity index (χ2n) is 4.36. The first-order chi connectivity index (χ1) is 7.79. The van der Waals surface area contributed by atoms with Gasteiger partial charge in [0.1, 0.15) is 11.3 Å². The number of hydrogen-bond acceptors (Lipinski definition) is 3. The molecule has 0 aliphatic rings. The minimum atomic E-state index is -1.03. The maximum Gasteiger partial charge on any atom is 0.339 e. The van der Waals surface area contributed by atoms with Crippen LogP contribution in [0, 0.1) is 0 Å². The van der Waals surface area contributed by atoms with Gasteiger partial charge in [-0.05, 0) is 32.0 Å². The number of benzene rings is 1. The van der Waals surface area contributed by atoms with Gasteiger partial charge in [-0.1, -0.05) is 15.9 Å². The molecule has 1 rings (SSSR count). The van der Waals surface area contributed by atoms with E-state index in [-0.39, 0.29) is 12.2 Å². The van der Waals surface area contributed by atoms with Crippen molar-refractivity contribution in [2.75, 3.05) is 6.61 Å². The van der Waals surface area contributed by atoms with E-state index in [1.165, 1.54) is 6.07 Å². The molecule has 5 heteroatoms. The lowest BCUT2D eigenvalue weighted by atomic mass is 10.1. The third-order valence-electron chi connectivity index (χ3n) is 2.15. The highest BCUT2D eigenvalue weighted by molar-refractivity contribution is 9.10. The van der Waals surface area contributed by atoms with Crippen molar-refractivity contribution in [2.45, 2.75) is 25.9 Å². The molecule has 1 aromatic rings. The lowest BCUT2D eigenvalue weighted by Crippen LogP contribution is -2.22. The van der Waals surface area contributed by atoms with Gasteiger partial charge in [0, 0.05) is 10.9 Å². The van der Waals surface area contributed by atoms with Crippen molar-refractivity contribution in [3.63, 3.8) is 0 Å². The molecule has 0 amide bonds. The summed E-state index contributed by atoms with van der Waals surface area (Å²) in [5.41, 5.74) is -0.709. The van der Waals surface area contributed by atoms with Crippen LogP contribution < -0.4 is 4.74 Å². The van der Waals surface area contributed by atoms with Crippen LogP contribution in [0.3, 0.4) is 0 Å². The quantitative estimate of drug-likeness (QED) is 0.877. The lowest BCUT2D eigenvalue weighted by Gasteiger charge is -2.17. The topological polar surface area (TPSA) is 66.8 Å². The predicted molar refractivity (Wildman–Crippen MR) is 67.5 cm³/mol. The molecule has 0 unspecified atom stereocenters. The van der Waals surface area contributed by atoms with Gasteiger partial charge in [0.25, 0.3) is 0 Å². The standard InChI is InChI=1S/C12H15BrO4/c1-12(2,16)5-6-17-10-7-8(13)3-4-9(10)11(14)15/h3-4,7,16H,5-6H2,1-2H3,(H,14,15). The molecule has 0 saturated carbocycles. The van der Waals surface area contributed by atoms with Crippen LogP contribution in [0.2, 0.25) is 0 Å². The van der Waals surface area contributed by atoms with Gasteiger partial charge in [-0.2, -0.15) is 0 Å². The molecule has 0 bridgehead atoms. The van der Waals surface area contributed by atoms with Gasteiger partial charge < -0.3 is 14.9 Å². The molecule has 4 nitrogen and oxygen atoms in total. The SMILES string of the molecule is CC(C)(O)CCOc1cc(Br)ccc1C(=O)O. The van der Waals surface area contributed by atoms with E-state index in [0.717, 1.165) is 4.47 Å². The number of carbonyl (C=O) groups is 1. The van der Waals surface area contributed by atoms with E-state index in [1.54, 1.807) is 26.0 Å². The summed E-state index contributed by atoms with van der Waals surface area (Å²) in [6, 6.07) is 4.73. The van der Waals surface area contributed by atoms with E-state index < -0.39 is 11.6 Å². The average molecular weight is 303 g/mol. The monoisotopic (exact) mass is 302 g/mol. The van der Waals surface area contributed by atoms with E-state index in [2.05, 4.69) is 15.9 Å². The normalized spacial score (nSPS) is 11.3. The van der Waals surface area contributed by atoms with Gasteiger partial charge in [-0.25, -0.2) is 4.79 Å². The molecule has 0 aromatic heterocycles. The van der Waals surface area contributed by atoms with Crippen molar-refractivity contribution in [1.82, 2.24) is 0 Å². The van der Waals surface area contributed by atoms with Crippen LogP contribution in [0.4, 0.5) is 0 Å². The minimum absolute atomic E-state index is 0.115. The summed E-state index contributed by atoms with van der Waals surface area (Å²) in [7, 11) is 0. The van der Waals surface area contributed by atoms with E-state index in [4.69, 9.17) is 9.84 Å². The highest BCUT2D eigenvalue weighted by atomic mass is 79.9. The highest BCUT2D eigenvalue weighted by Crippen LogP contribution is 2.24. The molecule has 0 radical (unpaired) electrons. The van der Waals surface area contributed by atoms with E-state index in [0.29, 0.717) is 12.2 Å². The number of carboxylic acid groups (broad SMARTS) is 1. The Kier molecular flexibility index (Phi) is 4.54. The number of carboxylic acids is 1. The first-order valence-corrected chi connectivity index (χ1v) is 5.97. The zero-order valence-electron chi connectivity index (χ0n) is 9.74.